The number of hydrogen-bond acceptors (Lipinski definition) is 6. The fraction of sp³-hybridized carbons (Fsp3) is 0.286. The van der Waals surface area contributed by atoms with E-state index in [-0.39, 0.29) is 17.6 Å². The number of hydrogen-bond donors (Lipinski definition) is 0. The molecule has 1 heterocycles. The summed E-state index contributed by atoms with van der Waals surface area (Å²) in [5.74, 6) is 2.18. The van der Waals surface area contributed by atoms with Gasteiger partial charge < -0.3 is 18.9 Å². The number of aromatic nitrogens is 2. The van der Waals surface area contributed by atoms with Gasteiger partial charge in [0, 0.05) is 13.2 Å². The van der Waals surface area contributed by atoms with Crippen molar-refractivity contribution in [1.29, 1.82) is 0 Å². The maximum atomic E-state index is 5.95. The largest absolute Gasteiger partial charge is 0.493 e. The van der Waals surface area contributed by atoms with Gasteiger partial charge in [-0.05, 0) is 12.1 Å². The van der Waals surface area contributed by atoms with Crippen LogP contribution in [0.2, 0.25) is 5.15 Å². The van der Waals surface area contributed by atoms with E-state index < -0.39 is 0 Å². The standard InChI is InChI=1S/C14H15ClN2O4/c1-18-8-12-16-11(15)7-13(17-12)21-14-9(19-2)5-4-6-10(14)20-3/h4-7H,8H2,1-3H3. The van der Waals surface area contributed by atoms with Crippen molar-refractivity contribution in [2.24, 2.45) is 0 Å². The van der Waals surface area contributed by atoms with Gasteiger partial charge in [-0.25, -0.2) is 4.98 Å². The lowest BCUT2D eigenvalue weighted by atomic mass is 10.3. The van der Waals surface area contributed by atoms with Gasteiger partial charge in [-0.1, -0.05) is 17.7 Å². The zero-order valence-corrected chi connectivity index (χ0v) is 12.7. The third kappa shape index (κ3) is 3.74. The van der Waals surface area contributed by atoms with Gasteiger partial charge in [0.25, 0.3) is 0 Å². The van der Waals surface area contributed by atoms with E-state index in [1.165, 1.54) is 6.07 Å². The van der Waals surface area contributed by atoms with Crippen molar-refractivity contribution in [2.45, 2.75) is 6.61 Å². The molecule has 0 unspecified atom stereocenters. The Kier molecular flexibility index (Phi) is 5.19. The molecule has 21 heavy (non-hydrogen) atoms. The van der Waals surface area contributed by atoms with E-state index in [2.05, 4.69) is 9.97 Å². The van der Waals surface area contributed by atoms with E-state index in [4.69, 9.17) is 30.5 Å². The van der Waals surface area contributed by atoms with Gasteiger partial charge in [0.1, 0.15) is 11.8 Å². The summed E-state index contributed by atoms with van der Waals surface area (Å²) in [6.45, 7) is 0.236. The van der Waals surface area contributed by atoms with Crippen LogP contribution < -0.4 is 14.2 Å². The molecule has 0 fully saturated rings. The Morgan fingerprint density at radius 3 is 2.29 bits per heavy atom. The number of ether oxygens (including phenoxy) is 4. The van der Waals surface area contributed by atoms with Crippen LogP contribution >= 0.6 is 11.6 Å². The molecular weight excluding hydrogens is 296 g/mol. The first-order chi connectivity index (χ1) is 10.2. The van der Waals surface area contributed by atoms with Gasteiger partial charge in [0.05, 0.1) is 14.2 Å². The van der Waals surface area contributed by atoms with Gasteiger partial charge in [0.15, 0.2) is 17.3 Å². The molecule has 1 aromatic heterocycles. The summed E-state index contributed by atoms with van der Waals surface area (Å²) in [5.41, 5.74) is 0. The molecule has 0 bridgehead atoms. The molecule has 0 aliphatic rings. The highest BCUT2D eigenvalue weighted by molar-refractivity contribution is 6.29. The molecule has 0 atom stereocenters. The van der Waals surface area contributed by atoms with Crippen LogP contribution in [0.1, 0.15) is 5.82 Å². The number of halogens is 1. The maximum absolute atomic E-state index is 5.95. The topological polar surface area (TPSA) is 62.7 Å². The van der Waals surface area contributed by atoms with Crippen LogP contribution in [-0.4, -0.2) is 31.3 Å². The number of para-hydroxylation sites is 1. The molecule has 0 saturated heterocycles. The van der Waals surface area contributed by atoms with Crippen LogP contribution in [0.3, 0.4) is 0 Å². The van der Waals surface area contributed by atoms with E-state index >= 15 is 0 Å². The minimum atomic E-state index is 0.236. The molecule has 0 saturated carbocycles. The maximum Gasteiger partial charge on any atom is 0.224 e. The predicted molar refractivity (Wildman–Crippen MR) is 77.4 cm³/mol. The molecule has 7 heteroatoms. The molecule has 0 N–H and O–H groups in total. The Balaban J connectivity index is 2.37. The molecule has 0 radical (unpaired) electrons. The van der Waals surface area contributed by atoms with Crippen molar-refractivity contribution in [3.05, 3.63) is 35.2 Å². The summed E-state index contributed by atoms with van der Waals surface area (Å²) in [6.07, 6.45) is 0. The quantitative estimate of drug-likeness (QED) is 0.764. The Morgan fingerprint density at radius 1 is 1.05 bits per heavy atom. The van der Waals surface area contributed by atoms with Crippen molar-refractivity contribution >= 4 is 11.6 Å². The lowest BCUT2D eigenvalue weighted by molar-refractivity contribution is 0.177. The van der Waals surface area contributed by atoms with Crippen molar-refractivity contribution < 1.29 is 18.9 Å². The average Bonchev–Trinajstić information content (AvgIpc) is 2.47. The Morgan fingerprint density at radius 2 is 1.71 bits per heavy atom. The molecule has 2 aromatic rings. The van der Waals surface area contributed by atoms with E-state index in [0.717, 1.165) is 0 Å². The van der Waals surface area contributed by atoms with Crippen LogP contribution in [0.5, 0.6) is 23.1 Å². The van der Waals surface area contributed by atoms with E-state index in [0.29, 0.717) is 23.1 Å². The van der Waals surface area contributed by atoms with Crippen molar-refractivity contribution in [1.82, 2.24) is 9.97 Å². The van der Waals surface area contributed by atoms with Crippen LogP contribution in [-0.2, 0) is 11.3 Å². The van der Waals surface area contributed by atoms with Crippen LogP contribution in [0.25, 0.3) is 0 Å². The summed E-state index contributed by atoms with van der Waals surface area (Å²) < 4.78 is 21.3. The number of methoxy groups -OCH3 is 3. The zero-order chi connectivity index (χ0) is 15.2. The van der Waals surface area contributed by atoms with Gasteiger partial charge in [-0.2, -0.15) is 4.98 Å². The fourth-order valence-electron chi connectivity index (χ4n) is 1.71. The Hall–Kier alpha value is -2.05. The second kappa shape index (κ2) is 7.10. The fourth-order valence-corrected chi connectivity index (χ4v) is 1.90. The minimum Gasteiger partial charge on any atom is -0.493 e. The second-order valence-electron chi connectivity index (χ2n) is 3.97. The van der Waals surface area contributed by atoms with Crippen LogP contribution in [0.15, 0.2) is 24.3 Å². The zero-order valence-electron chi connectivity index (χ0n) is 11.9. The lowest BCUT2D eigenvalue weighted by Gasteiger charge is -2.13. The van der Waals surface area contributed by atoms with Gasteiger partial charge in [-0.15, -0.1) is 0 Å². The molecule has 112 valence electrons. The van der Waals surface area contributed by atoms with Gasteiger partial charge in [-0.3, -0.25) is 0 Å². The average molecular weight is 311 g/mol. The SMILES string of the molecule is COCc1nc(Cl)cc(Oc2c(OC)cccc2OC)n1. The number of benzene rings is 1. The molecule has 0 amide bonds. The van der Waals surface area contributed by atoms with Crippen molar-refractivity contribution in [2.75, 3.05) is 21.3 Å². The molecule has 0 spiro atoms. The molecule has 6 nitrogen and oxygen atoms in total. The van der Waals surface area contributed by atoms with Crippen molar-refractivity contribution in [3.8, 4) is 23.1 Å². The summed E-state index contributed by atoms with van der Waals surface area (Å²) in [5, 5.41) is 0.265. The van der Waals surface area contributed by atoms with Crippen LogP contribution in [0.4, 0.5) is 0 Å². The first-order valence-electron chi connectivity index (χ1n) is 6.09. The minimum absolute atomic E-state index is 0.236. The molecule has 1 aromatic carbocycles. The monoisotopic (exact) mass is 310 g/mol. The third-order valence-corrected chi connectivity index (χ3v) is 2.77. The third-order valence-electron chi connectivity index (χ3n) is 2.58. The summed E-state index contributed by atoms with van der Waals surface area (Å²) in [7, 11) is 4.64. The number of nitrogens with zero attached hydrogens (tertiary/aromatic N) is 2. The lowest BCUT2D eigenvalue weighted by Crippen LogP contribution is -2.01. The summed E-state index contributed by atoms with van der Waals surface area (Å²) in [4.78, 5) is 8.25. The van der Waals surface area contributed by atoms with E-state index in [1.807, 2.05) is 0 Å². The number of rotatable bonds is 6. The first-order valence-corrected chi connectivity index (χ1v) is 6.47. The molecular formula is C14H15ClN2O4. The summed E-state index contributed by atoms with van der Waals surface area (Å²) in [6, 6.07) is 6.83. The van der Waals surface area contributed by atoms with E-state index in [9.17, 15) is 0 Å². The van der Waals surface area contributed by atoms with E-state index in [1.54, 1.807) is 39.5 Å². The molecule has 2 rings (SSSR count). The van der Waals surface area contributed by atoms with Gasteiger partial charge >= 0.3 is 0 Å². The summed E-state index contributed by atoms with van der Waals surface area (Å²) >= 11 is 5.95. The highest BCUT2D eigenvalue weighted by atomic mass is 35.5. The smallest absolute Gasteiger partial charge is 0.224 e. The normalized spacial score (nSPS) is 10.3. The molecule has 0 aliphatic carbocycles. The molecule has 0 aliphatic heterocycles. The predicted octanol–water partition coefficient (Wildman–Crippen LogP) is 3.09. The van der Waals surface area contributed by atoms with Crippen molar-refractivity contribution in [3.63, 3.8) is 0 Å². The Bertz CT molecular complexity index is 600. The van der Waals surface area contributed by atoms with Crippen LogP contribution in [0, 0.1) is 0 Å². The highest BCUT2D eigenvalue weighted by Gasteiger charge is 2.14. The second-order valence-corrected chi connectivity index (χ2v) is 4.36. The van der Waals surface area contributed by atoms with Gasteiger partial charge in [0.2, 0.25) is 11.6 Å². The highest BCUT2D eigenvalue weighted by Crippen LogP contribution is 2.39. The first kappa shape index (κ1) is 15.3. The Labute approximate surface area is 127 Å².